The molecule has 0 saturated heterocycles. The zero-order chi connectivity index (χ0) is 20.9. The quantitative estimate of drug-likeness (QED) is 0.279. The molecule has 0 fully saturated rings. The Morgan fingerprint density at radius 1 is 1.00 bits per heavy atom. The van der Waals surface area contributed by atoms with Crippen molar-refractivity contribution in [3.05, 3.63) is 105 Å². The lowest BCUT2D eigenvalue weighted by molar-refractivity contribution is 0.414. The van der Waals surface area contributed by atoms with Crippen LogP contribution in [0.4, 0.5) is 0 Å². The molecule has 1 heterocycles. The van der Waals surface area contributed by atoms with E-state index in [2.05, 4.69) is 100 Å². The van der Waals surface area contributed by atoms with Crippen LogP contribution in [-0.4, -0.2) is 18.6 Å². The standard InChI is InChI=1S/C26H25IN2O/c1-18(28-14-13-22-17-29-26-12-9-23(27)16-25(22)26)21-7-3-19(4-8-21)15-20-5-10-24(30-2)11-6-20/h3-12,16-17,28-29H,1,13-15H2,2H3. The number of nitrogens with one attached hydrogen (secondary N) is 2. The highest BCUT2D eigenvalue weighted by molar-refractivity contribution is 14.1. The van der Waals surface area contributed by atoms with Gasteiger partial charge in [-0.2, -0.15) is 0 Å². The Bertz CT molecular complexity index is 1140. The minimum absolute atomic E-state index is 0.852. The van der Waals surface area contributed by atoms with Crippen molar-refractivity contribution in [1.82, 2.24) is 10.3 Å². The summed E-state index contributed by atoms with van der Waals surface area (Å²) >= 11 is 2.36. The molecular weight excluding hydrogens is 483 g/mol. The van der Waals surface area contributed by atoms with Crippen LogP contribution in [-0.2, 0) is 12.8 Å². The number of aromatic nitrogens is 1. The molecule has 0 saturated carbocycles. The van der Waals surface area contributed by atoms with Crippen molar-refractivity contribution in [3.8, 4) is 5.75 Å². The highest BCUT2D eigenvalue weighted by Gasteiger charge is 2.05. The van der Waals surface area contributed by atoms with Crippen LogP contribution >= 0.6 is 22.6 Å². The van der Waals surface area contributed by atoms with Gasteiger partial charge in [0.25, 0.3) is 0 Å². The highest BCUT2D eigenvalue weighted by Crippen LogP contribution is 2.21. The van der Waals surface area contributed by atoms with Gasteiger partial charge in [-0.15, -0.1) is 0 Å². The van der Waals surface area contributed by atoms with Crippen LogP contribution in [0.15, 0.2) is 79.5 Å². The molecule has 1 aromatic heterocycles. The number of hydrogen-bond donors (Lipinski definition) is 2. The fraction of sp³-hybridized carbons (Fsp3) is 0.154. The fourth-order valence-electron chi connectivity index (χ4n) is 3.61. The lowest BCUT2D eigenvalue weighted by Crippen LogP contribution is -2.15. The Kier molecular flexibility index (Phi) is 6.43. The highest BCUT2D eigenvalue weighted by atomic mass is 127. The maximum Gasteiger partial charge on any atom is 0.118 e. The zero-order valence-corrected chi connectivity index (χ0v) is 19.2. The van der Waals surface area contributed by atoms with Crippen molar-refractivity contribution < 1.29 is 4.74 Å². The number of hydrogen-bond acceptors (Lipinski definition) is 2. The maximum atomic E-state index is 5.22. The molecular formula is C26H25IN2O. The van der Waals surface area contributed by atoms with E-state index in [1.54, 1.807) is 7.11 Å². The number of benzene rings is 3. The van der Waals surface area contributed by atoms with Crippen LogP contribution in [0.2, 0.25) is 0 Å². The summed E-state index contributed by atoms with van der Waals surface area (Å²) in [4.78, 5) is 3.36. The van der Waals surface area contributed by atoms with Crippen molar-refractivity contribution in [2.45, 2.75) is 12.8 Å². The summed E-state index contributed by atoms with van der Waals surface area (Å²) in [7, 11) is 1.69. The molecule has 152 valence electrons. The van der Waals surface area contributed by atoms with Gasteiger partial charge < -0.3 is 15.0 Å². The summed E-state index contributed by atoms with van der Waals surface area (Å²) in [6, 6.07) is 23.4. The van der Waals surface area contributed by atoms with Crippen LogP contribution in [0.25, 0.3) is 16.6 Å². The van der Waals surface area contributed by atoms with Gasteiger partial charge in [-0.05, 0) is 88.0 Å². The normalized spacial score (nSPS) is 10.9. The Labute approximate surface area is 191 Å². The predicted octanol–water partition coefficient (Wildman–Crippen LogP) is 6.17. The van der Waals surface area contributed by atoms with E-state index in [0.717, 1.165) is 36.4 Å². The van der Waals surface area contributed by atoms with E-state index in [9.17, 15) is 0 Å². The van der Waals surface area contributed by atoms with E-state index >= 15 is 0 Å². The second kappa shape index (κ2) is 9.39. The van der Waals surface area contributed by atoms with E-state index in [1.807, 2.05) is 12.1 Å². The van der Waals surface area contributed by atoms with E-state index < -0.39 is 0 Å². The Hall–Kier alpha value is -2.73. The van der Waals surface area contributed by atoms with Crippen molar-refractivity contribution in [2.24, 2.45) is 0 Å². The van der Waals surface area contributed by atoms with E-state index in [1.165, 1.54) is 31.2 Å². The van der Waals surface area contributed by atoms with Crippen LogP contribution in [0.1, 0.15) is 22.3 Å². The SMILES string of the molecule is C=C(NCCc1c[nH]c2ccc(I)cc12)c1ccc(Cc2ccc(OC)cc2)cc1. The number of ether oxygens (including phenoxy) is 1. The molecule has 3 nitrogen and oxygen atoms in total. The van der Waals surface area contributed by atoms with Gasteiger partial charge in [-0.25, -0.2) is 0 Å². The van der Waals surface area contributed by atoms with Gasteiger partial charge >= 0.3 is 0 Å². The van der Waals surface area contributed by atoms with Crippen molar-refractivity contribution in [2.75, 3.05) is 13.7 Å². The summed E-state index contributed by atoms with van der Waals surface area (Å²) < 4.78 is 6.48. The molecule has 4 aromatic rings. The molecule has 0 unspecified atom stereocenters. The predicted molar refractivity (Wildman–Crippen MR) is 134 cm³/mol. The molecule has 0 atom stereocenters. The van der Waals surface area contributed by atoms with Crippen LogP contribution < -0.4 is 10.1 Å². The third kappa shape index (κ3) is 4.87. The molecule has 3 aromatic carbocycles. The summed E-state index contributed by atoms with van der Waals surface area (Å²) in [6.07, 6.45) is 3.97. The van der Waals surface area contributed by atoms with E-state index in [0.29, 0.717) is 0 Å². The monoisotopic (exact) mass is 508 g/mol. The van der Waals surface area contributed by atoms with Crippen LogP contribution in [0, 0.1) is 3.57 Å². The first-order valence-corrected chi connectivity index (χ1v) is 11.1. The lowest BCUT2D eigenvalue weighted by Gasteiger charge is -2.11. The second-order valence-electron chi connectivity index (χ2n) is 7.38. The second-order valence-corrected chi connectivity index (χ2v) is 8.63. The molecule has 0 spiro atoms. The van der Waals surface area contributed by atoms with Crippen LogP contribution in [0.3, 0.4) is 0 Å². The van der Waals surface area contributed by atoms with Crippen molar-refractivity contribution >= 4 is 39.2 Å². The van der Waals surface area contributed by atoms with Gasteiger partial charge in [0.2, 0.25) is 0 Å². The van der Waals surface area contributed by atoms with Gasteiger partial charge in [-0.1, -0.05) is 43.0 Å². The molecule has 4 heteroatoms. The number of methoxy groups -OCH3 is 1. The Balaban J connectivity index is 1.32. The Morgan fingerprint density at radius 2 is 1.70 bits per heavy atom. The number of aromatic amines is 1. The van der Waals surface area contributed by atoms with Gasteiger partial charge in [0.15, 0.2) is 0 Å². The van der Waals surface area contributed by atoms with Crippen molar-refractivity contribution in [3.63, 3.8) is 0 Å². The maximum absolute atomic E-state index is 5.22. The first-order valence-electron chi connectivity index (χ1n) is 10.0. The number of rotatable bonds is 8. The molecule has 0 aliphatic rings. The first kappa shape index (κ1) is 20.5. The summed E-state index contributed by atoms with van der Waals surface area (Å²) in [5, 5.41) is 4.78. The molecule has 0 aliphatic carbocycles. The number of fused-ring (bicyclic) bond motifs is 1. The van der Waals surface area contributed by atoms with Crippen LogP contribution in [0.5, 0.6) is 5.75 Å². The minimum atomic E-state index is 0.852. The fourth-order valence-corrected chi connectivity index (χ4v) is 4.10. The molecule has 0 amide bonds. The van der Waals surface area contributed by atoms with Gasteiger partial charge in [0.05, 0.1) is 7.11 Å². The average Bonchev–Trinajstić information content (AvgIpc) is 3.17. The van der Waals surface area contributed by atoms with Gasteiger partial charge in [-0.3, -0.25) is 0 Å². The minimum Gasteiger partial charge on any atom is -0.497 e. The third-order valence-electron chi connectivity index (χ3n) is 5.33. The molecule has 2 N–H and O–H groups in total. The summed E-state index contributed by atoms with van der Waals surface area (Å²) in [5.41, 5.74) is 7.16. The Morgan fingerprint density at radius 3 is 2.40 bits per heavy atom. The molecule has 0 bridgehead atoms. The molecule has 0 radical (unpaired) electrons. The summed E-state index contributed by atoms with van der Waals surface area (Å²) in [5.74, 6) is 0.888. The molecule has 0 aliphatic heterocycles. The van der Waals surface area contributed by atoms with Crippen molar-refractivity contribution in [1.29, 1.82) is 0 Å². The van der Waals surface area contributed by atoms with E-state index in [-0.39, 0.29) is 0 Å². The smallest absolute Gasteiger partial charge is 0.118 e. The average molecular weight is 508 g/mol. The van der Waals surface area contributed by atoms with E-state index in [4.69, 9.17) is 4.74 Å². The number of halogens is 1. The lowest BCUT2D eigenvalue weighted by atomic mass is 10.0. The zero-order valence-electron chi connectivity index (χ0n) is 17.0. The topological polar surface area (TPSA) is 37.0 Å². The molecule has 4 rings (SSSR count). The molecule has 30 heavy (non-hydrogen) atoms. The van der Waals surface area contributed by atoms with Gasteiger partial charge in [0, 0.05) is 32.9 Å². The largest absolute Gasteiger partial charge is 0.497 e. The number of H-pyrrole nitrogens is 1. The summed E-state index contributed by atoms with van der Waals surface area (Å²) in [6.45, 7) is 5.07. The first-order chi connectivity index (χ1) is 14.6. The van der Waals surface area contributed by atoms with Gasteiger partial charge in [0.1, 0.15) is 5.75 Å². The third-order valence-corrected chi connectivity index (χ3v) is 6.00.